The molecule has 1 N–H and O–H groups in total. The van der Waals surface area contributed by atoms with Gasteiger partial charge in [0.1, 0.15) is 5.75 Å². The van der Waals surface area contributed by atoms with Crippen molar-refractivity contribution in [3.63, 3.8) is 0 Å². The molecule has 2 aromatic rings. The van der Waals surface area contributed by atoms with Crippen LogP contribution in [0.3, 0.4) is 0 Å². The molecule has 1 aromatic carbocycles. The number of nitrogens with one attached hydrogen (secondary N) is 1. The van der Waals surface area contributed by atoms with E-state index in [0.717, 1.165) is 24.4 Å². The topological polar surface area (TPSA) is 60.2 Å². The molecule has 0 amide bonds. The van der Waals surface area contributed by atoms with Crippen LogP contribution >= 0.6 is 0 Å². The Morgan fingerprint density at radius 2 is 2.29 bits per heavy atom. The van der Waals surface area contributed by atoms with E-state index in [1.165, 1.54) is 11.1 Å². The summed E-state index contributed by atoms with van der Waals surface area (Å²) in [7, 11) is 2.00. The van der Waals surface area contributed by atoms with Gasteiger partial charge < -0.3 is 14.6 Å². The highest BCUT2D eigenvalue weighted by atomic mass is 16.5. The molecule has 1 atom stereocenters. The van der Waals surface area contributed by atoms with Crippen LogP contribution in [0.4, 0.5) is 0 Å². The fourth-order valence-electron chi connectivity index (χ4n) is 2.76. The Balaban J connectivity index is 1.72. The van der Waals surface area contributed by atoms with E-state index in [4.69, 9.17) is 9.26 Å². The van der Waals surface area contributed by atoms with Crippen LogP contribution in [0, 0.1) is 0 Å². The summed E-state index contributed by atoms with van der Waals surface area (Å²) >= 11 is 0. The van der Waals surface area contributed by atoms with E-state index in [-0.39, 0.29) is 5.92 Å². The first-order valence-corrected chi connectivity index (χ1v) is 7.43. The predicted octanol–water partition coefficient (Wildman–Crippen LogP) is 2.98. The average molecular weight is 287 g/mol. The van der Waals surface area contributed by atoms with Gasteiger partial charge in [0.15, 0.2) is 12.4 Å². The number of ether oxygens (including phenoxy) is 1. The Morgan fingerprint density at radius 3 is 3.00 bits per heavy atom. The molecule has 0 saturated carbocycles. The molecule has 5 nitrogen and oxygen atoms in total. The third-order valence-corrected chi connectivity index (χ3v) is 3.93. The van der Waals surface area contributed by atoms with Crippen molar-refractivity contribution in [1.29, 1.82) is 0 Å². The van der Waals surface area contributed by atoms with Gasteiger partial charge in [-0.3, -0.25) is 0 Å². The quantitative estimate of drug-likeness (QED) is 0.916. The van der Waals surface area contributed by atoms with E-state index in [2.05, 4.69) is 21.5 Å². The van der Waals surface area contributed by atoms with Crippen molar-refractivity contribution in [3.8, 4) is 5.75 Å². The molecule has 0 fully saturated rings. The third kappa shape index (κ3) is 2.78. The molecule has 0 radical (unpaired) electrons. The lowest BCUT2D eigenvalue weighted by Gasteiger charge is -2.12. The minimum absolute atomic E-state index is 0.264. The highest BCUT2D eigenvalue weighted by molar-refractivity contribution is 5.45. The zero-order valence-corrected chi connectivity index (χ0v) is 12.7. The first-order chi connectivity index (χ1) is 10.2. The van der Waals surface area contributed by atoms with Gasteiger partial charge >= 0.3 is 0 Å². The average Bonchev–Trinajstić information content (AvgIpc) is 3.11. The van der Waals surface area contributed by atoms with Crippen molar-refractivity contribution in [2.24, 2.45) is 0 Å². The monoisotopic (exact) mass is 287 g/mol. The van der Waals surface area contributed by atoms with Crippen molar-refractivity contribution >= 4 is 0 Å². The molecule has 0 saturated heterocycles. The molecule has 0 spiro atoms. The molecule has 1 aliphatic carbocycles. The summed E-state index contributed by atoms with van der Waals surface area (Å²) in [5.74, 6) is 2.44. The summed E-state index contributed by atoms with van der Waals surface area (Å²) in [5, 5.41) is 7.29. The smallest absolute Gasteiger partial charge is 0.264 e. The molecule has 21 heavy (non-hydrogen) atoms. The molecule has 0 bridgehead atoms. The maximum Gasteiger partial charge on any atom is 0.264 e. The SMILES string of the molecule is CNC1CCc2c(OCc3nc(C(C)C)no3)cccc21. The molecule has 112 valence electrons. The Hall–Kier alpha value is -1.88. The maximum absolute atomic E-state index is 5.90. The van der Waals surface area contributed by atoms with Crippen LogP contribution < -0.4 is 10.1 Å². The summed E-state index contributed by atoms with van der Waals surface area (Å²) < 4.78 is 11.1. The standard InChI is InChI=1S/C16H21N3O2/c1-10(2)16-18-15(21-19-16)9-20-14-6-4-5-11-12(14)7-8-13(11)17-3/h4-6,10,13,17H,7-9H2,1-3H3. The van der Waals surface area contributed by atoms with Gasteiger partial charge in [-0.05, 0) is 37.1 Å². The zero-order chi connectivity index (χ0) is 14.8. The first kappa shape index (κ1) is 14.1. The zero-order valence-electron chi connectivity index (χ0n) is 12.7. The molecular formula is C16H21N3O2. The van der Waals surface area contributed by atoms with Crippen LogP contribution in [0.2, 0.25) is 0 Å². The highest BCUT2D eigenvalue weighted by Gasteiger charge is 2.24. The van der Waals surface area contributed by atoms with Gasteiger partial charge in [-0.1, -0.05) is 31.1 Å². The van der Waals surface area contributed by atoms with E-state index < -0.39 is 0 Å². The normalized spacial score (nSPS) is 17.2. The molecule has 3 rings (SSSR count). The van der Waals surface area contributed by atoms with Crippen molar-refractivity contribution in [2.45, 2.75) is 45.3 Å². The van der Waals surface area contributed by atoms with Crippen LogP contribution in [0.1, 0.15) is 55.1 Å². The maximum atomic E-state index is 5.90. The number of hydrogen-bond donors (Lipinski definition) is 1. The number of benzene rings is 1. The highest BCUT2D eigenvalue weighted by Crippen LogP contribution is 2.36. The number of rotatable bonds is 5. The van der Waals surface area contributed by atoms with Gasteiger partial charge in [-0.15, -0.1) is 0 Å². The Labute approximate surface area is 124 Å². The molecule has 5 heteroatoms. The van der Waals surface area contributed by atoms with Crippen LogP contribution in [0.15, 0.2) is 22.7 Å². The lowest BCUT2D eigenvalue weighted by molar-refractivity contribution is 0.240. The van der Waals surface area contributed by atoms with Crippen LogP contribution in [0.25, 0.3) is 0 Å². The van der Waals surface area contributed by atoms with Gasteiger partial charge in [0.25, 0.3) is 5.89 Å². The van der Waals surface area contributed by atoms with Crippen molar-refractivity contribution in [2.75, 3.05) is 7.05 Å². The molecule has 1 aliphatic rings. The van der Waals surface area contributed by atoms with Crippen molar-refractivity contribution in [3.05, 3.63) is 41.0 Å². The second kappa shape index (κ2) is 5.85. The van der Waals surface area contributed by atoms with Gasteiger partial charge in [0.05, 0.1) is 0 Å². The number of hydrogen-bond acceptors (Lipinski definition) is 5. The van der Waals surface area contributed by atoms with Gasteiger partial charge in [0.2, 0.25) is 0 Å². The van der Waals surface area contributed by atoms with E-state index >= 15 is 0 Å². The summed E-state index contributed by atoms with van der Waals surface area (Å²) in [4.78, 5) is 4.33. The van der Waals surface area contributed by atoms with Gasteiger partial charge in [-0.25, -0.2) is 0 Å². The molecule has 1 aromatic heterocycles. The number of aromatic nitrogens is 2. The fourth-order valence-corrected chi connectivity index (χ4v) is 2.76. The molecule has 0 aliphatic heterocycles. The van der Waals surface area contributed by atoms with Crippen LogP contribution in [-0.2, 0) is 13.0 Å². The van der Waals surface area contributed by atoms with Crippen molar-refractivity contribution in [1.82, 2.24) is 15.5 Å². The summed E-state index contributed by atoms with van der Waals surface area (Å²) in [6, 6.07) is 6.65. The minimum atomic E-state index is 0.264. The summed E-state index contributed by atoms with van der Waals surface area (Å²) in [6.07, 6.45) is 2.16. The second-order valence-electron chi connectivity index (χ2n) is 5.69. The first-order valence-electron chi connectivity index (χ1n) is 7.43. The second-order valence-corrected chi connectivity index (χ2v) is 5.69. The van der Waals surface area contributed by atoms with Crippen molar-refractivity contribution < 1.29 is 9.26 Å². The number of nitrogens with zero attached hydrogens (tertiary/aromatic N) is 2. The fraction of sp³-hybridized carbons (Fsp3) is 0.500. The third-order valence-electron chi connectivity index (χ3n) is 3.93. The summed E-state index contributed by atoms with van der Waals surface area (Å²) in [5.41, 5.74) is 2.63. The summed E-state index contributed by atoms with van der Waals surface area (Å²) in [6.45, 7) is 4.40. The lowest BCUT2D eigenvalue weighted by atomic mass is 10.1. The molecule has 1 heterocycles. The van der Waals surface area contributed by atoms with E-state index in [0.29, 0.717) is 18.5 Å². The minimum Gasteiger partial charge on any atom is -0.483 e. The molecular weight excluding hydrogens is 266 g/mol. The Kier molecular flexibility index (Phi) is 3.92. The Morgan fingerprint density at radius 1 is 1.43 bits per heavy atom. The molecule has 1 unspecified atom stereocenters. The Bertz CT molecular complexity index is 622. The lowest BCUT2D eigenvalue weighted by Crippen LogP contribution is -2.12. The largest absolute Gasteiger partial charge is 0.483 e. The van der Waals surface area contributed by atoms with Crippen LogP contribution in [0.5, 0.6) is 5.75 Å². The van der Waals surface area contributed by atoms with E-state index in [1.54, 1.807) is 0 Å². The van der Waals surface area contributed by atoms with E-state index in [1.807, 2.05) is 33.0 Å². The van der Waals surface area contributed by atoms with E-state index in [9.17, 15) is 0 Å². The van der Waals surface area contributed by atoms with Crippen LogP contribution in [-0.4, -0.2) is 17.2 Å². The van der Waals surface area contributed by atoms with Gasteiger partial charge in [-0.2, -0.15) is 4.98 Å². The van der Waals surface area contributed by atoms with Gasteiger partial charge in [0, 0.05) is 12.0 Å². The predicted molar refractivity (Wildman–Crippen MR) is 79.3 cm³/mol. The number of fused-ring (bicyclic) bond motifs is 1.